The Morgan fingerprint density at radius 3 is 2.48 bits per heavy atom. The van der Waals surface area contributed by atoms with E-state index in [0.29, 0.717) is 12.8 Å². The summed E-state index contributed by atoms with van der Waals surface area (Å²) in [6, 6.07) is 0. The first kappa shape index (κ1) is 20.4. The Hall–Kier alpha value is -0.870. The van der Waals surface area contributed by atoms with Gasteiger partial charge in [-0.15, -0.1) is 0 Å². The van der Waals surface area contributed by atoms with Crippen LogP contribution < -0.4 is 0 Å². The maximum Gasteiger partial charge on any atom is 0.400 e. The van der Waals surface area contributed by atoms with Crippen LogP contribution in [-0.2, 0) is 19.6 Å². The van der Waals surface area contributed by atoms with Crippen molar-refractivity contribution >= 4 is 16.1 Å². The minimum atomic E-state index is -5.86. The average molecular weight is 388 g/mol. The van der Waals surface area contributed by atoms with E-state index in [4.69, 9.17) is 9.29 Å². The Morgan fingerprint density at radius 1 is 1.40 bits per heavy atom. The zero-order chi connectivity index (χ0) is 19.0. The number of alkyl halides is 3. The number of hydrogen-bond donors (Lipinski definition) is 2. The fourth-order valence-corrected chi connectivity index (χ4v) is 4.25. The highest BCUT2D eigenvalue weighted by molar-refractivity contribution is 7.86. The predicted molar refractivity (Wildman–Crippen MR) is 81.1 cm³/mol. The van der Waals surface area contributed by atoms with Crippen LogP contribution in [0.25, 0.3) is 0 Å². The van der Waals surface area contributed by atoms with Gasteiger partial charge in [0.15, 0.2) is 6.17 Å². The van der Waals surface area contributed by atoms with Crippen molar-refractivity contribution in [2.75, 3.05) is 6.61 Å². The molecule has 0 heterocycles. The molecule has 0 saturated heterocycles. The van der Waals surface area contributed by atoms with Crippen molar-refractivity contribution in [1.82, 2.24) is 0 Å². The fourth-order valence-electron chi connectivity index (χ4n) is 3.81. The van der Waals surface area contributed by atoms with Crippen LogP contribution in [0.15, 0.2) is 0 Å². The van der Waals surface area contributed by atoms with Gasteiger partial charge in [-0.3, -0.25) is 9.35 Å². The lowest BCUT2D eigenvalue weighted by Crippen LogP contribution is -2.43. The zero-order valence-corrected chi connectivity index (χ0v) is 14.6. The van der Waals surface area contributed by atoms with Crippen molar-refractivity contribution in [1.29, 1.82) is 0 Å². The molecule has 6 nitrogen and oxygen atoms in total. The molecular formula is C15H23F3O6S. The van der Waals surface area contributed by atoms with Crippen LogP contribution in [0.3, 0.4) is 0 Å². The molecule has 0 aromatic carbocycles. The van der Waals surface area contributed by atoms with Crippen molar-refractivity contribution in [3.63, 3.8) is 0 Å². The molecule has 0 spiro atoms. The van der Waals surface area contributed by atoms with Crippen molar-refractivity contribution in [2.24, 2.45) is 17.8 Å². The number of halogens is 3. The second-order valence-electron chi connectivity index (χ2n) is 7.24. The minimum absolute atomic E-state index is 0.125. The topological polar surface area (TPSA) is 101 Å². The zero-order valence-electron chi connectivity index (χ0n) is 13.8. The molecule has 2 fully saturated rings. The molecular weight excluding hydrogens is 365 g/mol. The van der Waals surface area contributed by atoms with E-state index in [1.165, 1.54) is 0 Å². The monoisotopic (exact) mass is 388 g/mol. The molecule has 0 radical (unpaired) electrons. The van der Waals surface area contributed by atoms with Gasteiger partial charge in [0.05, 0.1) is 18.1 Å². The first-order valence-corrected chi connectivity index (χ1v) is 9.68. The third-order valence-electron chi connectivity index (χ3n) is 5.40. The summed E-state index contributed by atoms with van der Waals surface area (Å²) in [6.07, 6.45) is -0.593. The van der Waals surface area contributed by atoms with Gasteiger partial charge in [-0.2, -0.15) is 17.2 Å². The van der Waals surface area contributed by atoms with Gasteiger partial charge in [0.25, 0.3) is 0 Å². The van der Waals surface area contributed by atoms with E-state index in [1.807, 2.05) is 0 Å². The Balaban J connectivity index is 1.72. The normalized spacial score (nSPS) is 34.4. The summed E-state index contributed by atoms with van der Waals surface area (Å²) in [6.45, 7) is 1.08. The molecule has 146 valence electrons. The van der Waals surface area contributed by atoms with Gasteiger partial charge in [-0.05, 0) is 44.4 Å². The highest BCUT2D eigenvalue weighted by Gasteiger charge is 2.52. The lowest BCUT2D eigenvalue weighted by Gasteiger charge is -2.42. The maximum atomic E-state index is 13.3. The van der Waals surface area contributed by atoms with Crippen LogP contribution >= 0.6 is 0 Å². The fraction of sp³-hybridized carbons (Fsp3) is 0.933. The second-order valence-corrected chi connectivity index (χ2v) is 8.74. The summed E-state index contributed by atoms with van der Waals surface area (Å²) in [5.41, 5.74) is -0.734. The van der Waals surface area contributed by atoms with Crippen LogP contribution in [0.4, 0.5) is 13.2 Å². The van der Waals surface area contributed by atoms with Gasteiger partial charge in [-0.1, -0.05) is 6.42 Å². The third kappa shape index (κ3) is 4.28. The summed E-state index contributed by atoms with van der Waals surface area (Å²) in [7, 11) is -5.86. The van der Waals surface area contributed by atoms with Gasteiger partial charge in [-0.25, -0.2) is 4.39 Å². The number of ether oxygens (including phenoxy) is 1. The van der Waals surface area contributed by atoms with Crippen LogP contribution in [0, 0.1) is 17.8 Å². The second kappa shape index (κ2) is 7.03. The van der Waals surface area contributed by atoms with E-state index in [0.717, 1.165) is 19.3 Å². The largest absolute Gasteiger partial charge is 0.465 e. The number of hydrogen-bond acceptors (Lipinski definition) is 5. The van der Waals surface area contributed by atoms with E-state index >= 15 is 0 Å². The van der Waals surface area contributed by atoms with E-state index in [1.54, 1.807) is 6.92 Å². The van der Waals surface area contributed by atoms with E-state index < -0.39 is 52.1 Å². The van der Waals surface area contributed by atoms with Gasteiger partial charge in [0.2, 0.25) is 0 Å². The smallest absolute Gasteiger partial charge is 0.400 e. The molecule has 0 aliphatic heterocycles. The Bertz CT molecular complexity index is 600. The van der Waals surface area contributed by atoms with Crippen molar-refractivity contribution in [2.45, 2.75) is 62.5 Å². The Kier molecular flexibility index (Phi) is 5.75. The lowest BCUT2D eigenvalue weighted by molar-refractivity contribution is -0.157. The van der Waals surface area contributed by atoms with Gasteiger partial charge in [0, 0.05) is 6.42 Å². The van der Waals surface area contributed by atoms with Crippen molar-refractivity contribution < 1.29 is 40.8 Å². The summed E-state index contributed by atoms with van der Waals surface area (Å²) < 4.78 is 73.1. The number of esters is 1. The highest BCUT2D eigenvalue weighted by atomic mass is 32.2. The molecule has 0 aromatic heterocycles. The molecule has 2 rings (SSSR count). The molecule has 10 heteroatoms. The number of rotatable bonds is 7. The van der Waals surface area contributed by atoms with Gasteiger partial charge in [0.1, 0.15) is 0 Å². The molecule has 3 atom stereocenters. The number of carbonyl (C=O) groups excluding carboxylic acids is 1. The lowest BCUT2D eigenvalue weighted by atomic mass is 9.65. The SMILES string of the molecule is CC1(O)CCCC1C1CC(C(=O)OCCC(F)C(F)(F)S(=O)(=O)O)C1. The number of aliphatic hydroxyl groups is 1. The quantitative estimate of drug-likeness (QED) is 0.513. The van der Waals surface area contributed by atoms with Crippen LogP contribution in [0.2, 0.25) is 0 Å². The molecule has 0 aromatic rings. The first-order valence-electron chi connectivity index (χ1n) is 8.24. The Morgan fingerprint density at radius 2 is 2.00 bits per heavy atom. The van der Waals surface area contributed by atoms with E-state index in [9.17, 15) is 31.5 Å². The van der Waals surface area contributed by atoms with E-state index in [-0.39, 0.29) is 11.8 Å². The average Bonchev–Trinajstić information content (AvgIpc) is 2.75. The van der Waals surface area contributed by atoms with Crippen molar-refractivity contribution in [3.8, 4) is 0 Å². The van der Waals surface area contributed by atoms with Crippen LogP contribution in [0.5, 0.6) is 0 Å². The summed E-state index contributed by atoms with van der Waals surface area (Å²) >= 11 is 0. The standard InChI is InChI=1S/C15H23F3O6S/c1-14(20)5-2-3-11(14)9-7-10(8-9)13(19)24-6-4-12(16)15(17,18)25(21,22)23/h9-12,20H,2-8H2,1H3,(H,21,22,23). The molecule has 0 amide bonds. The molecule has 25 heavy (non-hydrogen) atoms. The molecule has 2 aliphatic rings. The van der Waals surface area contributed by atoms with Gasteiger partial charge >= 0.3 is 21.3 Å². The molecule has 2 saturated carbocycles. The van der Waals surface area contributed by atoms with Crippen LogP contribution in [0.1, 0.15) is 45.4 Å². The van der Waals surface area contributed by atoms with E-state index in [2.05, 4.69) is 0 Å². The molecule has 3 unspecified atom stereocenters. The summed E-state index contributed by atoms with van der Waals surface area (Å²) in [4.78, 5) is 11.8. The van der Waals surface area contributed by atoms with Crippen molar-refractivity contribution in [3.05, 3.63) is 0 Å². The third-order valence-corrected chi connectivity index (χ3v) is 6.34. The maximum absolute atomic E-state index is 13.3. The predicted octanol–water partition coefficient (Wildman–Crippen LogP) is 2.32. The highest BCUT2D eigenvalue weighted by Crippen LogP contribution is 2.49. The van der Waals surface area contributed by atoms with Crippen LogP contribution in [-0.4, -0.2) is 47.7 Å². The van der Waals surface area contributed by atoms with Gasteiger partial charge < -0.3 is 9.84 Å². The first-order chi connectivity index (χ1) is 11.4. The summed E-state index contributed by atoms with van der Waals surface area (Å²) in [5, 5.41) is 5.33. The Labute approximate surface area is 144 Å². The number of carbonyl (C=O) groups is 1. The molecule has 2 N–H and O–H groups in total. The summed E-state index contributed by atoms with van der Waals surface area (Å²) in [5.74, 6) is -0.731. The molecule has 2 aliphatic carbocycles. The minimum Gasteiger partial charge on any atom is -0.465 e. The molecule has 0 bridgehead atoms.